The summed E-state index contributed by atoms with van der Waals surface area (Å²) in [5, 5.41) is 14.6. The maximum absolute atomic E-state index is 3.94. The summed E-state index contributed by atoms with van der Waals surface area (Å²) in [6, 6.07) is 8.86. The Balaban J connectivity index is 1.65. The highest BCUT2D eigenvalue weighted by molar-refractivity contribution is 7.99. The highest BCUT2D eigenvalue weighted by Crippen LogP contribution is 2.10. The summed E-state index contributed by atoms with van der Waals surface area (Å²) in [5.74, 6) is 1.02. The number of aromatic nitrogens is 4. The van der Waals surface area contributed by atoms with Gasteiger partial charge in [-0.25, -0.2) is 4.68 Å². The van der Waals surface area contributed by atoms with Gasteiger partial charge in [0, 0.05) is 12.6 Å². The maximum Gasteiger partial charge on any atom is 0.209 e. The van der Waals surface area contributed by atoms with Crippen molar-refractivity contribution in [2.75, 3.05) is 12.3 Å². The SMILES string of the molecule is CCc1ccc(C[NH2+]CCSc2nnnn2C)cc1. The molecule has 5 nitrogen and oxygen atoms in total. The van der Waals surface area contributed by atoms with E-state index in [2.05, 4.69) is 52.0 Å². The second kappa shape index (κ2) is 7.25. The molecule has 0 fully saturated rings. The van der Waals surface area contributed by atoms with Crippen LogP contribution >= 0.6 is 11.8 Å². The highest BCUT2D eigenvalue weighted by Gasteiger charge is 2.03. The minimum Gasteiger partial charge on any atom is -0.342 e. The molecule has 0 amide bonds. The van der Waals surface area contributed by atoms with Crippen molar-refractivity contribution in [3.63, 3.8) is 0 Å². The van der Waals surface area contributed by atoms with E-state index in [4.69, 9.17) is 0 Å². The Hall–Kier alpha value is -1.40. The molecule has 2 N–H and O–H groups in total. The number of nitrogens with zero attached hydrogens (tertiary/aromatic N) is 4. The van der Waals surface area contributed by atoms with Gasteiger partial charge in [0.1, 0.15) is 6.54 Å². The molecule has 102 valence electrons. The van der Waals surface area contributed by atoms with Gasteiger partial charge in [-0.1, -0.05) is 43.0 Å². The van der Waals surface area contributed by atoms with Crippen LogP contribution in [0.5, 0.6) is 0 Å². The standard InChI is InChI=1S/C13H19N5S/c1-3-11-4-6-12(7-5-11)10-14-8-9-19-13-15-16-17-18(13)2/h4-7,14H,3,8-10H2,1-2H3/p+1. The number of nitrogens with two attached hydrogens (primary N) is 1. The van der Waals surface area contributed by atoms with Crippen LogP contribution in [0, 0.1) is 0 Å². The fourth-order valence-electron chi connectivity index (χ4n) is 1.76. The Morgan fingerprint density at radius 1 is 1.21 bits per heavy atom. The Morgan fingerprint density at radius 3 is 2.58 bits per heavy atom. The van der Waals surface area contributed by atoms with E-state index >= 15 is 0 Å². The van der Waals surface area contributed by atoms with Crippen LogP contribution in [0.1, 0.15) is 18.1 Å². The molecule has 2 rings (SSSR count). The molecule has 0 radical (unpaired) electrons. The van der Waals surface area contributed by atoms with Crippen molar-refractivity contribution in [1.82, 2.24) is 20.2 Å². The molecule has 1 heterocycles. The summed E-state index contributed by atoms with van der Waals surface area (Å²) >= 11 is 1.69. The number of tetrazole rings is 1. The minimum absolute atomic E-state index is 0.876. The van der Waals surface area contributed by atoms with Crippen molar-refractivity contribution >= 4 is 11.8 Å². The van der Waals surface area contributed by atoms with Gasteiger partial charge in [-0.3, -0.25) is 0 Å². The molecule has 0 bridgehead atoms. The highest BCUT2D eigenvalue weighted by atomic mass is 32.2. The Morgan fingerprint density at radius 2 is 1.95 bits per heavy atom. The van der Waals surface area contributed by atoms with E-state index in [0.717, 1.165) is 30.4 Å². The smallest absolute Gasteiger partial charge is 0.209 e. The van der Waals surface area contributed by atoms with Crippen molar-refractivity contribution in [2.45, 2.75) is 25.0 Å². The molecule has 6 heteroatoms. The number of thioether (sulfide) groups is 1. The average molecular weight is 278 g/mol. The number of benzene rings is 1. The lowest BCUT2D eigenvalue weighted by atomic mass is 10.1. The van der Waals surface area contributed by atoms with Crippen LogP contribution in [-0.4, -0.2) is 32.5 Å². The Bertz CT molecular complexity index is 494. The van der Waals surface area contributed by atoms with Crippen LogP contribution in [0.4, 0.5) is 0 Å². The second-order valence-corrected chi connectivity index (χ2v) is 5.45. The summed E-state index contributed by atoms with van der Waals surface area (Å²) in [6.45, 7) is 4.27. The van der Waals surface area contributed by atoms with Gasteiger partial charge in [0.25, 0.3) is 0 Å². The minimum atomic E-state index is 0.876. The van der Waals surface area contributed by atoms with E-state index in [1.54, 1.807) is 16.4 Å². The fraction of sp³-hybridized carbons (Fsp3) is 0.462. The first kappa shape index (κ1) is 14.0. The topological polar surface area (TPSA) is 60.2 Å². The van der Waals surface area contributed by atoms with E-state index < -0.39 is 0 Å². The maximum atomic E-state index is 3.94. The van der Waals surface area contributed by atoms with Crippen molar-refractivity contribution < 1.29 is 5.32 Å². The van der Waals surface area contributed by atoms with E-state index in [-0.39, 0.29) is 0 Å². The molecule has 0 spiro atoms. The second-order valence-electron chi connectivity index (χ2n) is 4.39. The molecular formula is C13H20N5S+. The van der Waals surface area contributed by atoms with Crippen molar-refractivity contribution in [3.8, 4) is 0 Å². The summed E-state index contributed by atoms with van der Waals surface area (Å²) in [5.41, 5.74) is 2.77. The van der Waals surface area contributed by atoms with Crippen molar-refractivity contribution in [2.24, 2.45) is 7.05 Å². The van der Waals surface area contributed by atoms with Gasteiger partial charge in [-0.2, -0.15) is 0 Å². The van der Waals surface area contributed by atoms with Crippen LogP contribution in [0.15, 0.2) is 29.4 Å². The average Bonchev–Trinajstić information content (AvgIpc) is 2.85. The van der Waals surface area contributed by atoms with Crippen LogP contribution in [0.2, 0.25) is 0 Å². The zero-order valence-electron chi connectivity index (χ0n) is 11.4. The molecule has 0 atom stereocenters. The van der Waals surface area contributed by atoms with E-state index in [0.29, 0.717) is 0 Å². The van der Waals surface area contributed by atoms with Crippen LogP contribution in [0.25, 0.3) is 0 Å². The molecule has 0 aliphatic rings. The molecule has 1 aromatic heterocycles. The van der Waals surface area contributed by atoms with Crippen LogP contribution in [0.3, 0.4) is 0 Å². The predicted molar refractivity (Wildman–Crippen MR) is 75.8 cm³/mol. The molecule has 19 heavy (non-hydrogen) atoms. The van der Waals surface area contributed by atoms with Gasteiger partial charge >= 0.3 is 0 Å². The molecule has 0 saturated heterocycles. The molecule has 0 aliphatic carbocycles. The summed E-state index contributed by atoms with van der Waals surface area (Å²) in [6.07, 6.45) is 1.10. The lowest BCUT2D eigenvalue weighted by Crippen LogP contribution is -2.83. The first-order chi connectivity index (χ1) is 9.29. The third-order valence-electron chi connectivity index (χ3n) is 2.95. The van der Waals surface area contributed by atoms with E-state index in [9.17, 15) is 0 Å². The summed E-state index contributed by atoms with van der Waals surface area (Å²) in [4.78, 5) is 0. The van der Waals surface area contributed by atoms with Gasteiger partial charge in [0.15, 0.2) is 0 Å². The number of aryl methyl sites for hydroxylation is 2. The summed E-state index contributed by atoms with van der Waals surface area (Å²) in [7, 11) is 1.86. The van der Waals surface area contributed by atoms with Crippen molar-refractivity contribution in [3.05, 3.63) is 35.4 Å². The van der Waals surface area contributed by atoms with Crippen LogP contribution < -0.4 is 5.32 Å². The third-order valence-corrected chi connectivity index (χ3v) is 3.99. The van der Waals surface area contributed by atoms with Gasteiger partial charge in [-0.05, 0) is 22.4 Å². The third kappa shape index (κ3) is 4.33. The van der Waals surface area contributed by atoms with E-state index in [1.807, 2.05) is 7.05 Å². The molecular weight excluding hydrogens is 258 g/mol. The number of quaternary nitrogens is 1. The number of rotatable bonds is 7. The van der Waals surface area contributed by atoms with Crippen molar-refractivity contribution in [1.29, 1.82) is 0 Å². The quantitative estimate of drug-likeness (QED) is 0.596. The lowest BCUT2D eigenvalue weighted by molar-refractivity contribution is -0.666. The predicted octanol–water partition coefficient (Wildman–Crippen LogP) is 0.628. The first-order valence-corrected chi connectivity index (χ1v) is 7.52. The van der Waals surface area contributed by atoms with Gasteiger partial charge < -0.3 is 5.32 Å². The Labute approximate surface area is 117 Å². The normalized spacial score (nSPS) is 10.8. The monoisotopic (exact) mass is 278 g/mol. The summed E-state index contributed by atoms with van der Waals surface area (Å²) < 4.78 is 1.70. The molecule has 0 aliphatic heterocycles. The van der Waals surface area contributed by atoms with E-state index in [1.165, 1.54) is 11.1 Å². The van der Waals surface area contributed by atoms with Gasteiger partial charge in [0.2, 0.25) is 5.16 Å². The fourth-order valence-corrected chi connectivity index (χ4v) is 2.54. The molecule has 1 aromatic carbocycles. The van der Waals surface area contributed by atoms with Gasteiger partial charge in [-0.15, -0.1) is 5.10 Å². The number of hydrogen-bond donors (Lipinski definition) is 1. The zero-order valence-corrected chi connectivity index (χ0v) is 12.2. The Kier molecular flexibility index (Phi) is 5.35. The molecule has 2 aromatic rings. The lowest BCUT2D eigenvalue weighted by Gasteiger charge is -2.03. The first-order valence-electron chi connectivity index (χ1n) is 6.54. The van der Waals surface area contributed by atoms with Crippen LogP contribution in [-0.2, 0) is 20.0 Å². The molecule has 0 saturated carbocycles. The largest absolute Gasteiger partial charge is 0.342 e. The van der Waals surface area contributed by atoms with Gasteiger partial charge in [0.05, 0.1) is 12.3 Å². The number of hydrogen-bond acceptors (Lipinski definition) is 4. The molecule has 0 unspecified atom stereocenters. The zero-order chi connectivity index (χ0) is 13.5.